The topological polar surface area (TPSA) is 78.9 Å². The Balaban J connectivity index is 2.54. The van der Waals surface area contributed by atoms with Crippen LogP contribution in [0, 0.1) is 5.92 Å². The fourth-order valence-electron chi connectivity index (χ4n) is 1.82. The molecule has 0 aromatic rings. The maximum Gasteiger partial charge on any atom is 0.323 e. The first-order valence-corrected chi connectivity index (χ1v) is 5.34. The van der Waals surface area contributed by atoms with Gasteiger partial charge >= 0.3 is 5.97 Å². The molecule has 0 bridgehead atoms. The number of hydrogen-bond acceptors (Lipinski definition) is 4. The van der Waals surface area contributed by atoms with E-state index in [2.05, 4.69) is 5.32 Å². The van der Waals surface area contributed by atoms with Gasteiger partial charge in [-0.1, -0.05) is 6.92 Å². The summed E-state index contributed by atoms with van der Waals surface area (Å²) in [5.41, 5.74) is 0. The number of nitrogens with zero attached hydrogens (tertiary/aromatic N) is 1. The van der Waals surface area contributed by atoms with Crippen molar-refractivity contribution in [3.63, 3.8) is 0 Å². The van der Waals surface area contributed by atoms with Gasteiger partial charge in [0, 0.05) is 13.1 Å². The third-order valence-electron chi connectivity index (χ3n) is 2.61. The Kier molecular flexibility index (Phi) is 4.70. The van der Waals surface area contributed by atoms with E-state index in [0.29, 0.717) is 13.2 Å². The average molecular weight is 230 g/mol. The molecule has 0 spiro atoms. The number of carboxylic acid groups (broad SMARTS) is 1. The number of carboxylic acids is 1. The van der Waals surface area contributed by atoms with E-state index in [1.165, 1.54) is 11.9 Å². The second kappa shape index (κ2) is 5.81. The summed E-state index contributed by atoms with van der Waals surface area (Å²) in [5.74, 6) is -1.45. The molecule has 0 saturated carbocycles. The highest BCUT2D eigenvalue weighted by atomic mass is 16.5. The van der Waals surface area contributed by atoms with Crippen molar-refractivity contribution >= 4 is 11.9 Å². The van der Waals surface area contributed by atoms with Crippen LogP contribution in [0.25, 0.3) is 0 Å². The quantitative estimate of drug-likeness (QED) is 0.643. The van der Waals surface area contributed by atoms with E-state index in [0.717, 1.165) is 6.54 Å². The predicted molar refractivity (Wildman–Crippen MR) is 57.0 cm³/mol. The van der Waals surface area contributed by atoms with Crippen molar-refractivity contribution in [1.82, 2.24) is 10.2 Å². The summed E-state index contributed by atoms with van der Waals surface area (Å²) in [4.78, 5) is 23.6. The summed E-state index contributed by atoms with van der Waals surface area (Å²) in [5, 5.41) is 11.8. The molecule has 1 aliphatic heterocycles. The second-order valence-corrected chi connectivity index (χ2v) is 3.90. The number of rotatable bonds is 5. The molecule has 0 aliphatic carbocycles. The number of amides is 1. The molecule has 0 aromatic heterocycles. The molecule has 2 unspecified atom stereocenters. The molecule has 0 radical (unpaired) electrons. The van der Waals surface area contributed by atoms with Gasteiger partial charge in [-0.15, -0.1) is 0 Å². The van der Waals surface area contributed by atoms with Gasteiger partial charge in [0.05, 0.1) is 19.1 Å². The molecule has 1 fully saturated rings. The van der Waals surface area contributed by atoms with Crippen LogP contribution in [-0.4, -0.2) is 61.3 Å². The molecule has 16 heavy (non-hydrogen) atoms. The van der Waals surface area contributed by atoms with Gasteiger partial charge in [0.1, 0.15) is 6.54 Å². The maximum atomic E-state index is 11.9. The van der Waals surface area contributed by atoms with Crippen molar-refractivity contribution in [2.75, 3.05) is 33.4 Å². The van der Waals surface area contributed by atoms with Gasteiger partial charge in [-0.05, 0) is 6.54 Å². The Bertz CT molecular complexity index is 270. The van der Waals surface area contributed by atoms with Gasteiger partial charge < -0.3 is 20.1 Å². The van der Waals surface area contributed by atoms with Crippen LogP contribution in [0.15, 0.2) is 0 Å². The minimum atomic E-state index is -1.00. The molecule has 6 heteroatoms. The van der Waals surface area contributed by atoms with E-state index in [1.807, 2.05) is 6.92 Å². The lowest BCUT2D eigenvalue weighted by Crippen LogP contribution is -2.45. The van der Waals surface area contributed by atoms with Crippen molar-refractivity contribution in [2.24, 2.45) is 5.92 Å². The van der Waals surface area contributed by atoms with E-state index in [9.17, 15) is 9.59 Å². The molecule has 1 heterocycles. The Morgan fingerprint density at radius 1 is 1.50 bits per heavy atom. The van der Waals surface area contributed by atoms with Gasteiger partial charge in [-0.25, -0.2) is 0 Å². The minimum Gasteiger partial charge on any atom is -0.480 e. The minimum absolute atomic E-state index is 0.00579. The SMILES string of the molecule is CCNC1COCC1C(=O)N(C)CC(=O)O. The average Bonchev–Trinajstić information content (AvgIpc) is 2.64. The van der Waals surface area contributed by atoms with Crippen LogP contribution >= 0.6 is 0 Å². The van der Waals surface area contributed by atoms with Crippen molar-refractivity contribution in [2.45, 2.75) is 13.0 Å². The van der Waals surface area contributed by atoms with E-state index < -0.39 is 5.97 Å². The van der Waals surface area contributed by atoms with Crippen LogP contribution in [0.5, 0.6) is 0 Å². The monoisotopic (exact) mass is 230 g/mol. The van der Waals surface area contributed by atoms with Gasteiger partial charge in [-0.2, -0.15) is 0 Å². The largest absolute Gasteiger partial charge is 0.480 e. The molecule has 1 saturated heterocycles. The zero-order valence-corrected chi connectivity index (χ0v) is 9.60. The normalized spacial score (nSPS) is 24.4. The number of carbonyl (C=O) groups is 2. The van der Waals surface area contributed by atoms with Gasteiger partial charge in [0.2, 0.25) is 5.91 Å². The zero-order valence-electron chi connectivity index (χ0n) is 9.60. The molecule has 0 aromatic carbocycles. The van der Waals surface area contributed by atoms with Crippen molar-refractivity contribution in [3.8, 4) is 0 Å². The lowest BCUT2D eigenvalue weighted by atomic mass is 10.0. The van der Waals surface area contributed by atoms with E-state index in [4.69, 9.17) is 9.84 Å². The molecular formula is C10H18N2O4. The van der Waals surface area contributed by atoms with Crippen LogP contribution in [0.2, 0.25) is 0 Å². The van der Waals surface area contributed by atoms with Crippen LogP contribution in [0.4, 0.5) is 0 Å². The highest BCUT2D eigenvalue weighted by Gasteiger charge is 2.35. The zero-order chi connectivity index (χ0) is 12.1. The van der Waals surface area contributed by atoms with Gasteiger partial charge in [0.15, 0.2) is 0 Å². The van der Waals surface area contributed by atoms with Crippen molar-refractivity contribution in [1.29, 1.82) is 0 Å². The lowest BCUT2D eigenvalue weighted by Gasteiger charge is -2.22. The highest BCUT2D eigenvalue weighted by molar-refractivity contribution is 5.83. The fraction of sp³-hybridized carbons (Fsp3) is 0.800. The molecule has 2 N–H and O–H groups in total. The first-order valence-electron chi connectivity index (χ1n) is 5.34. The molecule has 2 atom stereocenters. The lowest BCUT2D eigenvalue weighted by molar-refractivity contribution is -0.145. The number of carbonyl (C=O) groups excluding carboxylic acids is 1. The van der Waals surface area contributed by atoms with Crippen LogP contribution in [0.1, 0.15) is 6.92 Å². The summed E-state index contributed by atoms with van der Waals surface area (Å²) in [7, 11) is 1.50. The van der Waals surface area contributed by atoms with Crippen LogP contribution in [0.3, 0.4) is 0 Å². The molecular weight excluding hydrogens is 212 g/mol. The third-order valence-corrected chi connectivity index (χ3v) is 2.61. The Morgan fingerprint density at radius 3 is 2.75 bits per heavy atom. The summed E-state index contributed by atoms with van der Waals surface area (Å²) >= 11 is 0. The number of ether oxygens (including phenoxy) is 1. The van der Waals surface area contributed by atoms with Gasteiger partial charge in [0.25, 0.3) is 0 Å². The fourth-order valence-corrected chi connectivity index (χ4v) is 1.82. The first-order chi connectivity index (χ1) is 7.56. The number of aliphatic carboxylic acids is 1. The molecule has 1 rings (SSSR count). The number of likely N-dealkylation sites (N-methyl/N-ethyl adjacent to an activating group) is 2. The van der Waals surface area contributed by atoms with E-state index in [1.54, 1.807) is 0 Å². The smallest absolute Gasteiger partial charge is 0.323 e. The predicted octanol–water partition coefficient (Wildman–Crippen LogP) is -0.846. The summed E-state index contributed by atoms with van der Waals surface area (Å²) in [6.45, 7) is 3.32. The van der Waals surface area contributed by atoms with Crippen molar-refractivity contribution < 1.29 is 19.4 Å². The van der Waals surface area contributed by atoms with E-state index in [-0.39, 0.29) is 24.4 Å². The summed E-state index contributed by atoms with van der Waals surface area (Å²) in [6, 6.07) is -0.00579. The molecule has 1 aliphatic rings. The Morgan fingerprint density at radius 2 is 2.19 bits per heavy atom. The molecule has 92 valence electrons. The van der Waals surface area contributed by atoms with Gasteiger partial charge in [-0.3, -0.25) is 9.59 Å². The number of nitrogens with one attached hydrogen (secondary N) is 1. The summed E-state index contributed by atoms with van der Waals surface area (Å²) < 4.78 is 5.24. The molecule has 6 nitrogen and oxygen atoms in total. The standard InChI is InChI=1S/C10H18N2O4/c1-3-11-8-6-16-5-7(8)10(15)12(2)4-9(13)14/h7-8,11H,3-6H2,1-2H3,(H,13,14). The third kappa shape index (κ3) is 3.18. The summed E-state index contributed by atoms with van der Waals surface area (Å²) in [6.07, 6.45) is 0. The van der Waals surface area contributed by atoms with Crippen molar-refractivity contribution in [3.05, 3.63) is 0 Å². The molecule has 1 amide bonds. The van der Waals surface area contributed by atoms with Crippen LogP contribution < -0.4 is 5.32 Å². The van der Waals surface area contributed by atoms with E-state index >= 15 is 0 Å². The second-order valence-electron chi connectivity index (χ2n) is 3.90. The number of hydrogen-bond donors (Lipinski definition) is 2. The maximum absolute atomic E-state index is 11.9. The van der Waals surface area contributed by atoms with Crippen LogP contribution in [-0.2, 0) is 14.3 Å². The highest BCUT2D eigenvalue weighted by Crippen LogP contribution is 2.16. The first kappa shape index (κ1) is 12.9. The Hall–Kier alpha value is -1.14. The Labute approximate surface area is 94.6 Å².